The Balaban J connectivity index is 1.93. The lowest BCUT2D eigenvalue weighted by molar-refractivity contribution is 0.0949. The van der Waals surface area contributed by atoms with E-state index >= 15 is 0 Å². The quantitative estimate of drug-likeness (QED) is 0.833. The van der Waals surface area contributed by atoms with Gasteiger partial charge in [-0.2, -0.15) is 0 Å². The number of amides is 1. The van der Waals surface area contributed by atoms with Crippen molar-refractivity contribution in [1.29, 1.82) is 0 Å². The number of hydrogen-bond donors (Lipinski definition) is 2. The molecule has 0 aliphatic carbocycles. The van der Waals surface area contributed by atoms with Crippen molar-refractivity contribution in [3.8, 4) is 5.75 Å². The molecule has 0 radical (unpaired) electrons. The summed E-state index contributed by atoms with van der Waals surface area (Å²) in [5, 5.41) is 19.9. The van der Waals surface area contributed by atoms with E-state index in [9.17, 15) is 9.90 Å². The highest BCUT2D eigenvalue weighted by Crippen LogP contribution is 2.20. The Morgan fingerprint density at radius 2 is 2.33 bits per heavy atom. The van der Waals surface area contributed by atoms with Gasteiger partial charge in [0.25, 0.3) is 5.91 Å². The van der Waals surface area contributed by atoms with Crippen LogP contribution < -0.4 is 5.32 Å². The van der Waals surface area contributed by atoms with Crippen LogP contribution in [0.15, 0.2) is 30.6 Å². The highest BCUT2D eigenvalue weighted by atomic mass is 16.3. The summed E-state index contributed by atoms with van der Waals surface area (Å²) in [5.74, 6) is -0.271. The highest BCUT2D eigenvalue weighted by Gasteiger charge is 2.11. The molecule has 1 amide bonds. The number of hydrogen-bond acceptors (Lipinski definition) is 4. The van der Waals surface area contributed by atoms with E-state index in [1.54, 1.807) is 42.2 Å². The molecule has 0 bridgehead atoms. The summed E-state index contributed by atoms with van der Waals surface area (Å²) in [4.78, 5) is 11.8. The first-order valence-electron chi connectivity index (χ1n) is 5.59. The van der Waals surface area contributed by atoms with Gasteiger partial charge in [-0.1, -0.05) is 17.3 Å². The van der Waals surface area contributed by atoms with Crippen LogP contribution in [0.3, 0.4) is 0 Å². The molecular formula is C12H14N4O2. The summed E-state index contributed by atoms with van der Waals surface area (Å²) >= 11 is 0. The van der Waals surface area contributed by atoms with Crippen LogP contribution in [-0.4, -0.2) is 32.6 Å². The summed E-state index contributed by atoms with van der Waals surface area (Å²) in [7, 11) is 0. The fraction of sp³-hybridized carbons (Fsp3) is 0.250. The molecule has 1 aromatic carbocycles. The molecule has 2 aromatic rings. The molecule has 94 valence electrons. The van der Waals surface area contributed by atoms with Gasteiger partial charge in [-0.25, -0.2) is 0 Å². The fourth-order valence-corrected chi connectivity index (χ4v) is 1.57. The molecule has 6 heteroatoms. The minimum atomic E-state index is -0.295. The molecule has 0 spiro atoms. The SMILES string of the molecule is Cc1cccc(C(=O)NCCn2ccnn2)c1O. The molecule has 0 saturated heterocycles. The number of phenols is 1. The number of benzene rings is 1. The molecule has 0 unspecified atom stereocenters. The van der Waals surface area contributed by atoms with Crippen LogP contribution in [0.4, 0.5) is 0 Å². The van der Waals surface area contributed by atoms with Crippen molar-refractivity contribution in [2.24, 2.45) is 0 Å². The van der Waals surface area contributed by atoms with Gasteiger partial charge < -0.3 is 10.4 Å². The van der Waals surface area contributed by atoms with E-state index in [0.717, 1.165) is 0 Å². The van der Waals surface area contributed by atoms with Crippen molar-refractivity contribution in [2.45, 2.75) is 13.5 Å². The average Bonchev–Trinajstić information content (AvgIpc) is 2.85. The second-order valence-electron chi connectivity index (χ2n) is 3.89. The minimum Gasteiger partial charge on any atom is -0.507 e. The maximum atomic E-state index is 11.8. The Labute approximate surface area is 104 Å². The molecule has 1 heterocycles. The number of para-hydroxylation sites is 1. The van der Waals surface area contributed by atoms with Crippen LogP contribution in [0.2, 0.25) is 0 Å². The zero-order chi connectivity index (χ0) is 13.0. The van der Waals surface area contributed by atoms with Crippen LogP contribution in [0.5, 0.6) is 5.75 Å². The van der Waals surface area contributed by atoms with Gasteiger partial charge in [0.15, 0.2) is 0 Å². The fourth-order valence-electron chi connectivity index (χ4n) is 1.57. The maximum absolute atomic E-state index is 11.8. The topological polar surface area (TPSA) is 80.0 Å². The Morgan fingerprint density at radius 1 is 1.50 bits per heavy atom. The predicted molar refractivity (Wildman–Crippen MR) is 65.2 cm³/mol. The van der Waals surface area contributed by atoms with Gasteiger partial charge in [0.05, 0.1) is 18.3 Å². The highest BCUT2D eigenvalue weighted by molar-refractivity contribution is 5.97. The largest absolute Gasteiger partial charge is 0.507 e. The summed E-state index contributed by atoms with van der Waals surface area (Å²) in [5.41, 5.74) is 0.965. The number of carbonyl (C=O) groups is 1. The van der Waals surface area contributed by atoms with Gasteiger partial charge in [-0.15, -0.1) is 5.10 Å². The van der Waals surface area contributed by atoms with Gasteiger partial charge in [0, 0.05) is 12.7 Å². The van der Waals surface area contributed by atoms with Gasteiger partial charge in [-0.05, 0) is 18.6 Å². The second-order valence-corrected chi connectivity index (χ2v) is 3.89. The Kier molecular flexibility index (Phi) is 3.57. The molecule has 0 atom stereocenters. The van der Waals surface area contributed by atoms with Crippen LogP contribution in [-0.2, 0) is 6.54 Å². The number of carbonyl (C=O) groups excluding carboxylic acids is 1. The Morgan fingerprint density at radius 3 is 3.06 bits per heavy atom. The zero-order valence-electron chi connectivity index (χ0n) is 10.00. The summed E-state index contributed by atoms with van der Waals surface area (Å²) < 4.78 is 1.62. The van der Waals surface area contributed by atoms with Gasteiger partial charge >= 0.3 is 0 Å². The van der Waals surface area contributed by atoms with Gasteiger partial charge in [0.2, 0.25) is 0 Å². The van der Waals surface area contributed by atoms with E-state index in [2.05, 4.69) is 15.6 Å². The summed E-state index contributed by atoms with van der Waals surface area (Å²) in [6, 6.07) is 5.08. The van der Waals surface area contributed by atoms with Crippen molar-refractivity contribution in [3.05, 3.63) is 41.7 Å². The third-order valence-corrected chi connectivity index (χ3v) is 2.58. The van der Waals surface area contributed by atoms with Crippen molar-refractivity contribution in [2.75, 3.05) is 6.54 Å². The first-order valence-corrected chi connectivity index (χ1v) is 5.59. The number of nitrogens with zero attached hydrogens (tertiary/aromatic N) is 3. The average molecular weight is 246 g/mol. The second kappa shape index (κ2) is 5.31. The number of rotatable bonds is 4. The lowest BCUT2D eigenvalue weighted by Gasteiger charge is -2.08. The Hall–Kier alpha value is -2.37. The van der Waals surface area contributed by atoms with E-state index in [1.807, 2.05) is 0 Å². The molecule has 0 aliphatic heterocycles. The number of phenolic OH excluding ortho intramolecular Hbond substituents is 1. The first kappa shape index (κ1) is 12.1. The number of aromatic hydroxyl groups is 1. The lowest BCUT2D eigenvalue weighted by Crippen LogP contribution is -2.27. The molecule has 2 N–H and O–H groups in total. The molecule has 6 nitrogen and oxygen atoms in total. The van der Waals surface area contributed by atoms with E-state index in [0.29, 0.717) is 18.7 Å². The molecule has 18 heavy (non-hydrogen) atoms. The van der Waals surface area contributed by atoms with E-state index in [4.69, 9.17) is 0 Å². The zero-order valence-corrected chi connectivity index (χ0v) is 10.00. The van der Waals surface area contributed by atoms with E-state index < -0.39 is 0 Å². The molecule has 0 fully saturated rings. The normalized spacial score (nSPS) is 10.3. The van der Waals surface area contributed by atoms with Crippen molar-refractivity contribution in [1.82, 2.24) is 20.3 Å². The van der Waals surface area contributed by atoms with Crippen LogP contribution in [0.1, 0.15) is 15.9 Å². The monoisotopic (exact) mass is 246 g/mol. The van der Waals surface area contributed by atoms with Crippen molar-refractivity contribution < 1.29 is 9.90 Å². The number of nitrogens with one attached hydrogen (secondary N) is 1. The smallest absolute Gasteiger partial charge is 0.255 e. The van der Waals surface area contributed by atoms with E-state index in [-0.39, 0.29) is 17.2 Å². The molecule has 0 saturated carbocycles. The summed E-state index contributed by atoms with van der Waals surface area (Å²) in [6.45, 7) is 2.72. The third-order valence-electron chi connectivity index (χ3n) is 2.58. The van der Waals surface area contributed by atoms with Crippen LogP contribution in [0.25, 0.3) is 0 Å². The standard InChI is InChI=1S/C12H14N4O2/c1-9-3-2-4-10(11(9)17)12(18)13-5-7-16-8-6-14-15-16/h2-4,6,8,17H,5,7H2,1H3,(H,13,18). The Bertz CT molecular complexity index is 537. The van der Waals surface area contributed by atoms with Crippen LogP contribution in [0, 0.1) is 6.92 Å². The molecular weight excluding hydrogens is 232 g/mol. The van der Waals surface area contributed by atoms with E-state index in [1.165, 1.54) is 0 Å². The number of aryl methyl sites for hydroxylation is 1. The number of aromatic nitrogens is 3. The third kappa shape index (κ3) is 2.65. The van der Waals surface area contributed by atoms with Gasteiger partial charge in [0.1, 0.15) is 5.75 Å². The molecule has 0 aliphatic rings. The first-order chi connectivity index (χ1) is 8.68. The predicted octanol–water partition coefficient (Wildman–Crippen LogP) is 0.722. The minimum absolute atomic E-state index is 0.0238. The van der Waals surface area contributed by atoms with Crippen molar-refractivity contribution in [3.63, 3.8) is 0 Å². The maximum Gasteiger partial charge on any atom is 0.255 e. The van der Waals surface area contributed by atoms with Crippen molar-refractivity contribution >= 4 is 5.91 Å². The molecule has 1 aromatic heterocycles. The summed E-state index contributed by atoms with van der Waals surface area (Å²) in [6.07, 6.45) is 3.30. The van der Waals surface area contributed by atoms with Crippen LogP contribution >= 0.6 is 0 Å². The van der Waals surface area contributed by atoms with Gasteiger partial charge in [-0.3, -0.25) is 9.48 Å². The molecule has 2 rings (SSSR count). The lowest BCUT2D eigenvalue weighted by atomic mass is 10.1.